The molecule has 1 aliphatic rings. The first-order valence-corrected chi connectivity index (χ1v) is 6.77. The molecule has 2 unspecified atom stereocenters. The molecule has 3 nitrogen and oxygen atoms in total. The molecule has 0 aliphatic heterocycles. The zero-order valence-electron chi connectivity index (χ0n) is 8.66. The fraction of sp³-hybridized carbons (Fsp3) is 0.800. The molecule has 0 amide bonds. The smallest absolute Gasteiger partial charge is 0.202 e. The van der Waals surface area contributed by atoms with Crippen LogP contribution in [0, 0.1) is 11.8 Å². The van der Waals surface area contributed by atoms with Gasteiger partial charge in [0, 0.05) is 24.0 Å². The van der Waals surface area contributed by atoms with E-state index in [0.717, 1.165) is 17.6 Å². The van der Waals surface area contributed by atoms with Gasteiger partial charge in [-0.05, 0) is 24.7 Å². The third-order valence-electron chi connectivity index (χ3n) is 3.14. The Kier molecular flexibility index (Phi) is 4.20. The lowest BCUT2D eigenvalue weighted by Gasteiger charge is -2.30. The van der Waals surface area contributed by atoms with Crippen LogP contribution < -0.4 is 5.32 Å². The minimum Gasteiger partial charge on any atom is -0.360 e. The number of rotatable bonds is 4. The molecule has 0 bridgehead atoms. The molecule has 84 valence electrons. The molecule has 1 heterocycles. The van der Waals surface area contributed by atoms with Gasteiger partial charge in [-0.3, -0.25) is 0 Å². The zero-order valence-corrected chi connectivity index (χ0v) is 10.2. The number of nitrogens with zero attached hydrogens (tertiary/aromatic N) is 2. The predicted octanol–water partition coefficient (Wildman–Crippen LogP) is 3.00. The van der Waals surface area contributed by atoms with Gasteiger partial charge in [0.15, 0.2) is 0 Å². The Morgan fingerprint density at radius 3 is 2.87 bits per heavy atom. The third kappa shape index (κ3) is 3.05. The minimum atomic E-state index is 0.681. The van der Waals surface area contributed by atoms with E-state index in [4.69, 9.17) is 11.6 Å². The average Bonchev–Trinajstić information content (AvgIpc) is 2.79. The summed E-state index contributed by atoms with van der Waals surface area (Å²) >= 11 is 7.40. The summed E-state index contributed by atoms with van der Waals surface area (Å²) in [5.41, 5.74) is 0. The van der Waals surface area contributed by atoms with Crippen LogP contribution in [0.2, 0.25) is 0 Å². The molecular weight excluding hydrogens is 230 g/mol. The van der Waals surface area contributed by atoms with E-state index in [1.54, 1.807) is 6.33 Å². The Balaban J connectivity index is 1.81. The zero-order chi connectivity index (χ0) is 10.5. The Labute approximate surface area is 99.4 Å². The number of halogens is 1. The van der Waals surface area contributed by atoms with E-state index in [2.05, 4.69) is 14.7 Å². The molecule has 0 saturated heterocycles. The highest BCUT2D eigenvalue weighted by molar-refractivity contribution is 7.09. The summed E-state index contributed by atoms with van der Waals surface area (Å²) < 4.78 is 3.97. The molecule has 0 radical (unpaired) electrons. The van der Waals surface area contributed by atoms with E-state index < -0.39 is 0 Å². The number of aromatic nitrogens is 2. The van der Waals surface area contributed by atoms with Gasteiger partial charge < -0.3 is 5.32 Å². The maximum absolute atomic E-state index is 5.98. The van der Waals surface area contributed by atoms with Crippen molar-refractivity contribution < 1.29 is 0 Å². The first-order valence-electron chi connectivity index (χ1n) is 5.46. The molecule has 1 N–H and O–H groups in total. The summed E-state index contributed by atoms with van der Waals surface area (Å²) in [6, 6.07) is 0. The highest BCUT2D eigenvalue weighted by atomic mass is 35.5. The quantitative estimate of drug-likeness (QED) is 0.829. The van der Waals surface area contributed by atoms with Crippen LogP contribution in [0.25, 0.3) is 0 Å². The molecule has 0 aromatic carbocycles. The van der Waals surface area contributed by atoms with Gasteiger partial charge in [0.25, 0.3) is 0 Å². The first-order chi connectivity index (χ1) is 7.40. The van der Waals surface area contributed by atoms with Crippen LogP contribution in [0.3, 0.4) is 0 Å². The third-order valence-corrected chi connectivity index (χ3v) is 4.16. The van der Waals surface area contributed by atoms with E-state index in [1.807, 2.05) is 0 Å². The van der Waals surface area contributed by atoms with Crippen molar-refractivity contribution in [2.75, 3.05) is 17.7 Å². The lowest BCUT2D eigenvalue weighted by Crippen LogP contribution is -2.27. The molecule has 0 spiro atoms. The predicted molar refractivity (Wildman–Crippen MR) is 64.6 cm³/mol. The lowest BCUT2D eigenvalue weighted by molar-refractivity contribution is 0.272. The summed E-state index contributed by atoms with van der Waals surface area (Å²) in [5.74, 6) is 2.18. The van der Waals surface area contributed by atoms with Gasteiger partial charge in [0.1, 0.15) is 6.33 Å². The second-order valence-corrected chi connectivity index (χ2v) is 5.17. The van der Waals surface area contributed by atoms with Gasteiger partial charge in [-0.15, -0.1) is 11.6 Å². The average molecular weight is 246 g/mol. The van der Waals surface area contributed by atoms with Crippen molar-refractivity contribution in [3.05, 3.63) is 6.33 Å². The molecule has 15 heavy (non-hydrogen) atoms. The second-order valence-electron chi connectivity index (χ2n) is 4.09. The van der Waals surface area contributed by atoms with Crippen molar-refractivity contribution in [1.29, 1.82) is 0 Å². The Hall–Kier alpha value is -0.350. The van der Waals surface area contributed by atoms with Gasteiger partial charge in [-0.25, -0.2) is 4.98 Å². The summed E-state index contributed by atoms with van der Waals surface area (Å²) in [6.07, 6.45) is 6.85. The Morgan fingerprint density at radius 1 is 1.40 bits per heavy atom. The number of anilines is 1. The van der Waals surface area contributed by atoms with E-state index >= 15 is 0 Å². The molecule has 1 aromatic heterocycles. The molecule has 1 aromatic rings. The summed E-state index contributed by atoms with van der Waals surface area (Å²) in [4.78, 5) is 4.11. The molecule has 1 saturated carbocycles. The monoisotopic (exact) mass is 245 g/mol. The van der Waals surface area contributed by atoms with Crippen molar-refractivity contribution in [2.24, 2.45) is 11.8 Å². The number of hydrogen-bond donors (Lipinski definition) is 1. The largest absolute Gasteiger partial charge is 0.360 e. The Bertz CT molecular complexity index is 278. The topological polar surface area (TPSA) is 37.8 Å². The van der Waals surface area contributed by atoms with Crippen molar-refractivity contribution in [3.8, 4) is 0 Å². The van der Waals surface area contributed by atoms with E-state index in [9.17, 15) is 0 Å². The molecule has 5 heteroatoms. The lowest BCUT2D eigenvalue weighted by atomic mass is 9.80. The van der Waals surface area contributed by atoms with Crippen LogP contribution in [0.4, 0.5) is 5.13 Å². The number of nitrogens with one attached hydrogen (secondary N) is 1. The summed E-state index contributed by atoms with van der Waals surface area (Å²) in [6.45, 7) is 0.993. The Morgan fingerprint density at radius 2 is 2.20 bits per heavy atom. The van der Waals surface area contributed by atoms with Crippen LogP contribution in [0.15, 0.2) is 6.33 Å². The fourth-order valence-corrected chi connectivity index (χ4v) is 3.07. The SMILES string of the molecule is ClCC1CCCCC1CNc1ncns1. The highest BCUT2D eigenvalue weighted by Gasteiger charge is 2.24. The normalized spacial score (nSPS) is 26.5. The summed E-state index contributed by atoms with van der Waals surface area (Å²) in [7, 11) is 0. The minimum absolute atomic E-state index is 0.681. The van der Waals surface area contributed by atoms with Gasteiger partial charge >= 0.3 is 0 Å². The van der Waals surface area contributed by atoms with Gasteiger partial charge in [-0.1, -0.05) is 12.8 Å². The summed E-state index contributed by atoms with van der Waals surface area (Å²) in [5, 5.41) is 4.27. The van der Waals surface area contributed by atoms with Crippen molar-refractivity contribution in [1.82, 2.24) is 9.36 Å². The van der Waals surface area contributed by atoms with E-state index in [0.29, 0.717) is 11.8 Å². The number of hydrogen-bond acceptors (Lipinski definition) is 4. The van der Waals surface area contributed by atoms with E-state index in [1.165, 1.54) is 37.2 Å². The van der Waals surface area contributed by atoms with Crippen LogP contribution in [-0.2, 0) is 0 Å². The molecular formula is C10H16ClN3S. The fourth-order valence-electron chi connectivity index (χ4n) is 2.23. The van der Waals surface area contributed by atoms with Crippen LogP contribution in [-0.4, -0.2) is 21.8 Å². The second kappa shape index (κ2) is 5.66. The van der Waals surface area contributed by atoms with Gasteiger partial charge in [0.2, 0.25) is 5.13 Å². The van der Waals surface area contributed by atoms with Crippen LogP contribution in [0.1, 0.15) is 25.7 Å². The van der Waals surface area contributed by atoms with Gasteiger partial charge in [-0.2, -0.15) is 4.37 Å². The van der Waals surface area contributed by atoms with E-state index in [-0.39, 0.29) is 0 Å². The maximum atomic E-state index is 5.98. The number of alkyl halides is 1. The molecule has 1 aliphatic carbocycles. The molecule has 2 rings (SSSR count). The van der Waals surface area contributed by atoms with Crippen molar-refractivity contribution >= 4 is 28.3 Å². The van der Waals surface area contributed by atoms with Crippen LogP contribution in [0.5, 0.6) is 0 Å². The molecule has 1 fully saturated rings. The van der Waals surface area contributed by atoms with Gasteiger partial charge in [0.05, 0.1) is 0 Å². The van der Waals surface area contributed by atoms with Crippen molar-refractivity contribution in [3.63, 3.8) is 0 Å². The molecule has 2 atom stereocenters. The first kappa shape index (κ1) is 11.1. The van der Waals surface area contributed by atoms with Crippen molar-refractivity contribution in [2.45, 2.75) is 25.7 Å². The van der Waals surface area contributed by atoms with Crippen LogP contribution >= 0.6 is 23.1 Å². The maximum Gasteiger partial charge on any atom is 0.202 e. The standard InChI is InChI=1S/C10H16ClN3S/c11-5-8-3-1-2-4-9(8)6-12-10-13-7-14-15-10/h7-9H,1-6H2,(H,12,13,14). The highest BCUT2D eigenvalue weighted by Crippen LogP contribution is 2.31.